The van der Waals surface area contributed by atoms with Crippen LogP contribution >= 0.6 is 0 Å². The van der Waals surface area contributed by atoms with E-state index in [2.05, 4.69) is 4.98 Å². The molecule has 6 nitrogen and oxygen atoms in total. The van der Waals surface area contributed by atoms with Crippen molar-refractivity contribution in [2.75, 3.05) is 0 Å². The Morgan fingerprint density at radius 3 is 2.61 bits per heavy atom. The second-order valence-corrected chi connectivity index (χ2v) is 6.20. The number of nitro benzene ring substituents is 1. The summed E-state index contributed by atoms with van der Waals surface area (Å²) in [5, 5.41) is 10.9. The number of carbonyl (C=O) groups is 1. The van der Waals surface area contributed by atoms with Crippen molar-refractivity contribution in [1.29, 1.82) is 0 Å². The van der Waals surface area contributed by atoms with Gasteiger partial charge in [-0.25, -0.2) is 4.98 Å². The van der Waals surface area contributed by atoms with Gasteiger partial charge in [-0.2, -0.15) is 0 Å². The third-order valence-corrected chi connectivity index (χ3v) is 4.38. The van der Waals surface area contributed by atoms with Gasteiger partial charge in [0.1, 0.15) is 6.33 Å². The molecule has 0 bridgehead atoms. The third kappa shape index (κ3) is 3.43. The summed E-state index contributed by atoms with van der Waals surface area (Å²) in [6, 6.07) is 21.3. The number of fused-ring (bicyclic) bond motifs is 1. The van der Waals surface area contributed by atoms with Crippen molar-refractivity contribution in [3.8, 4) is 5.69 Å². The number of aromatic nitrogens is 2. The molecule has 1 aromatic heterocycles. The smallest absolute Gasteiger partial charge is 0.271 e. The number of hydrogen-bond acceptors (Lipinski definition) is 4. The van der Waals surface area contributed by atoms with E-state index in [1.165, 1.54) is 12.1 Å². The first-order valence-corrected chi connectivity index (χ1v) is 8.61. The molecular formula is C22H15N3O3. The first-order chi connectivity index (χ1) is 13.6. The summed E-state index contributed by atoms with van der Waals surface area (Å²) < 4.78 is 1.80. The predicted molar refractivity (Wildman–Crippen MR) is 108 cm³/mol. The molecule has 28 heavy (non-hydrogen) atoms. The van der Waals surface area contributed by atoms with Gasteiger partial charge in [-0.1, -0.05) is 48.5 Å². The number of rotatable bonds is 5. The van der Waals surface area contributed by atoms with Crippen LogP contribution < -0.4 is 0 Å². The van der Waals surface area contributed by atoms with Crippen LogP contribution in [0.1, 0.15) is 15.9 Å². The molecular weight excluding hydrogens is 354 g/mol. The lowest BCUT2D eigenvalue weighted by molar-refractivity contribution is -0.384. The van der Waals surface area contributed by atoms with Crippen molar-refractivity contribution in [2.24, 2.45) is 0 Å². The minimum absolute atomic E-state index is 0.00673. The van der Waals surface area contributed by atoms with E-state index in [0.717, 1.165) is 16.8 Å². The van der Waals surface area contributed by atoms with Gasteiger partial charge in [0.05, 0.1) is 16.0 Å². The van der Waals surface area contributed by atoms with Gasteiger partial charge in [-0.3, -0.25) is 19.5 Å². The van der Waals surface area contributed by atoms with Crippen molar-refractivity contribution in [1.82, 2.24) is 9.55 Å². The second-order valence-electron chi connectivity index (χ2n) is 6.20. The minimum Gasteiger partial charge on any atom is -0.299 e. The number of non-ortho nitro benzene ring substituents is 1. The van der Waals surface area contributed by atoms with Crippen LogP contribution in [0.4, 0.5) is 5.69 Å². The maximum absolute atomic E-state index is 12.5. The summed E-state index contributed by atoms with van der Waals surface area (Å²) >= 11 is 0. The number of nitrogens with zero attached hydrogens (tertiary/aromatic N) is 3. The molecule has 0 atom stereocenters. The van der Waals surface area contributed by atoms with Crippen molar-refractivity contribution in [2.45, 2.75) is 0 Å². The number of imidazole rings is 1. The van der Waals surface area contributed by atoms with Gasteiger partial charge in [0, 0.05) is 23.4 Å². The highest BCUT2D eigenvalue weighted by atomic mass is 16.6. The van der Waals surface area contributed by atoms with E-state index in [4.69, 9.17) is 0 Å². The highest BCUT2D eigenvalue weighted by Crippen LogP contribution is 2.23. The summed E-state index contributed by atoms with van der Waals surface area (Å²) in [5.41, 5.74) is 3.51. The van der Waals surface area contributed by atoms with Crippen LogP contribution in [0.5, 0.6) is 0 Å². The fourth-order valence-corrected chi connectivity index (χ4v) is 2.96. The maximum atomic E-state index is 12.5. The van der Waals surface area contributed by atoms with Gasteiger partial charge in [-0.05, 0) is 29.8 Å². The molecule has 0 N–H and O–H groups in total. The Bertz CT molecular complexity index is 1210. The number of nitro groups is 1. The largest absolute Gasteiger partial charge is 0.299 e. The Labute approximate surface area is 160 Å². The number of allylic oxidation sites excluding steroid dienone is 1. The first-order valence-electron chi connectivity index (χ1n) is 8.61. The molecule has 3 aromatic carbocycles. The standard InChI is InChI=1S/C22H15N3O3/c26-22(12-9-16-5-2-1-3-6-16)17-7-4-8-18(13-17)24-15-23-20-14-19(25(27)28)10-11-21(20)24/h1-15H. The average molecular weight is 369 g/mol. The highest BCUT2D eigenvalue weighted by molar-refractivity contribution is 6.07. The molecule has 0 aliphatic heterocycles. The third-order valence-electron chi connectivity index (χ3n) is 4.38. The zero-order chi connectivity index (χ0) is 19.5. The van der Waals surface area contributed by atoms with E-state index in [1.54, 1.807) is 47.3 Å². The molecule has 0 saturated carbocycles. The average Bonchev–Trinajstić information content (AvgIpc) is 3.16. The normalized spacial score (nSPS) is 11.1. The molecule has 1 heterocycles. The molecule has 0 saturated heterocycles. The van der Waals surface area contributed by atoms with E-state index in [9.17, 15) is 14.9 Å². The lowest BCUT2D eigenvalue weighted by Crippen LogP contribution is -1.98. The summed E-state index contributed by atoms with van der Waals surface area (Å²) in [7, 11) is 0. The molecule has 0 fully saturated rings. The van der Waals surface area contributed by atoms with Crippen LogP contribution in [0.2, 0.25) is 0 Å². The van der Waals surface area contributed by atoms with Gasteiger partial charge in [0.15, 0.2) is 5.78 Å². The molecule has 0 unspecified atom stereocenters. The van der Waals surface area contributed by atoms with Gasteiger partial charge in [0.2, 0.25) is 0 Å². The van der Waals surface area contributed by atoms with Crippen molar-refractivity contribution in [3.63, 3.8) is 0 Å². The molecule has 0 aliphatic rings. The summed E-state index contributed by atoms with van der Waals surface area (Å²) in [6.07, 6.45) is 4.92. The van der Waals surface area contributed by atoms with Crippen LogP contribution in [0.3, 0.4) is 0 Å². The number of benzene rings is 3. The van der Waals surface area contributed by atoms with Crippen LogP contribution in [0, 0.1) is 10.1 Å². The second kappa shape index (κ2) is 7.28. The van der Waals surface area contributed by atoms with E-state index in [1.807, 2.05) is 36.4 Å². The fourth-order valence-electron chi connectivity index (χ4n) is 2.96. The van der Waals surface area contributed by atoms with Crippen LogP contribution in [0.15, 0.2) is 85.2 Å². The Balaban J connectivity index is 1.65. The maximum Gasteiger partial charge on any atom is 0.271 e. The van der Waals surface area contributed by atoms with Gasteiger partial charge < -0.3 is 0 Å². The van der Waals surface area contributed by atoms with Crippen molar-refractivity contribution < 1.29 is 9.72 Å². The quantitative estimate of drug-likeness (QED) is 0.218. The molecule has 4 rings (SSSR count). The van der Waals surface area contributed by atoms with Gasteiger partial charge >= 0.3 is 0 Å². The first kappa shape index (κ1) is 17.4. The van der Waals surface area contributed by atoms with Gasteiger partial charge in [-0.15, -0.1) is 0 Å². The fraction of sp³-hybridized carbons (Fsp3) is 0. The number of carbonyl (C=O) groups excluding carboxylic acids is 1. The lowest BCUT2D eigenvalue weighted by Gasteiger charge is -2.06. The SMILES string of the molecule is O=C(C=Cc1ccccc1)c1cccc(-n2cnc3cc([N+](=O)[O-])ccc32)c1. The molecule has 0 aliphatic carbocycles. The van der Waals surface area contributed by atoms with Crippen LogP contribution in [-0.4, -0.2) is 20.3 Å². The molecule has 0 spiro atoms. The molecule has 0 amide bonds. The Morgan fingerprint density at radius 2 is 1.82 bits per heavy atom. The Hall–Kier alpha value is -4.06. The molecule has 0 radical (unpaired) electrons. The molecule has 136 valence electrons. The molecule has 4 aromatic rings. The van der Waals surface area contributed by atoms with E-state index < -0.39 is 4.92 Å². The topological polar surface area (TPSA) is 78.0 Å². The van der Waals surface area contributed by atoms with E-state index in [-0.39, 0.29) is 11.5 Å². The number of hydrogen-bond donors (Lipinski definition) is 0. The number of ketones is 1. The summed E-state index contributed by atoms with van der Waals surface area (Å²) in [6.45, 7) is 0. The zero-order valence-corrected chi connectivity index (χ0v) is 14.7. The van der Waals surface area contributed by atoms with Crippen molar-refractivity contribution in [3.05, 3.63) is 106 Å². The minimum atomic E-state index is -0.448. The highest BCUT2D eigenvalue weighted by Gasteiger charge is 2.12. The van der Waals surface area contributed by atoms with E-state index in [0.29, 0.717) is 11.1 Å². The monoisotopic (exact) mass is 369 g/mol. The predicted octanol–water partition coefficient (Wildman–Crippen LogP) is 4.83. The van der Waals surface area contributed by atoms with Crippen LogP contribution in [-0.2, 0) is 0 Å². The Kier molecular flexibility index (Phi) is 4.51. The van der Waals surface area contributed by atoms with Crippen molar-refractivity contribution >= 4 is 28.6 Å². The van der Waals surface area contributed by atoms with E-state index >= 15 is 0 Å². The zero-order valence-electron chi connectivity index (χ0n) is 14.7. The molecule has 6 heteroatoms. The summed E-state index contributed by atoms with van der Waals surface area (Å²) in [4.78, 5) is 27.3. The Morgan fingerprint density at radius 1 is 1.00 bits per heavy atom. The van der Waals surface area contributed by atoms with Crippen LogP contribution in [0.25, 0.3) is 22.8 Å². The summed E-state index contributed by atoms with van der Waals surface area (Å²) in [5.74, 6) is -0.106. The van der Waals surface area contributed by atoms with Gasteiger partial charge in [0.25, 0.3) is 5.69 Å². The lowest BCUT2D eigenvalue weighted by atomic mass is 10.1.